The predicted molar refractivity (Wildman–Crippen MR) is 121 cm³/mol. The number of methoxy groups -OCH3 is 2. The van der Waals surface area contributed by atoms with Gasteiger partial charge in [0.25, 0.3) is 5.56 Å². The van der Waals surface area contributed by atoms with Gasteiger partial charge in [-0.2, -0.15) is 0 Å². The molecule has 1 aromatic heterocycles. The van der Waals surface area contributed by atoms with Crippen LogP contribution in [0.1, 0.15) is 23.0 Å². The number of quaternary nitrogens is 1. The third-order valence-corrected chi connectivity index (χ3v) is 5.46. The molecule has 0 saturated carbocycles. The first-order valence-electron chi connectivity index (χ1n) is 10.2. The van der Waals surface area contributed by atoms with E-state index in [2.05, 4.69) is 36.3 Å². The Morgan fingerprint density at radius 3 is 2.00 bits per heavy atom. The molecule has 6 heteroatoms. The Morgan fingerprint density at radius 1 is 0.903 bits per heavy atom. The van der Waals surface area contributed by atoms with E-state index in [-0.39, 0.29) is 11.6 Å². The largest absolute Gasteiger partial charge is 0.493 e. The van der Waals surface area contributed by atoms with E-state index in [9.17, 15) is 4.79 Å². The van der Waals surface area contributed by atoms with Gasteiger partial charge in [0.1, 0.15) is 12.6 Å². The fraction of sp³-hybridized carbons (Fsp3) is 0.200. The molecular formula is C25H26N3O3+. The summed E-state index contributed by atoms with van der Waals surface area (Å²) in [5, 5.41) is 0.474. The van der Waals surface area contributed by atoms with Gasteiger partial charge in [-0.1, -0.05) is 60.7 Å². The number of H-pyrrole nitrogens is 1. The second kappa shape index (κ2) is 9.02. The van der Waals surface area contributed by atoms with Crippen molar-refractivity contribution in [2.24, 2.45) is 0 Å². The van der Waals surface area contributed by atoms with Crippen LogP contribution in [0.5, 0.6) is 11.5 Å². The van der Waals surface area contributed by atoms with Gasteiger partial charge in [0.2, 0.25) is 0 Å². The van der Waals surface area contributed by atoms with E-state index in [4.69, 9.17) is 14.5 Å². The summed E-state index contributed by atoms with van der Waals surface area (Å²) in [6.07, 6.45) is 0. The molecule has 0 fully saturated rings. The fourth-order valence-electron chi connectivity index (χ4n) is 4.02. The highest BCUT2D eigenvalue weighted by Gasteiger charge is 2.24. The Labute approximate surface area is 181 Å². The summed E-state index contributed by atoms with van der Waals surface area (Å²) in [7, 11) is 5.23. The van der Waals surface area contributed by atoms with Gasteiger partial charge in [0.05, 0.1) is 32.2 Å². The molecule has 0 radical (unpaired) electrons. The molecule has 4 aromatic rings. The van der Waals surface area contributed by atoms with Crippen LogP contribution in [0.25, 0.3) is 10.9 Å². The van der Waals surface area contributed by atoms with E-state index < -0.39 is 0 Å². The Hall–Kier alpha value is -3.64. The normalized spacial score (nSPS) is 12.1. The van der Waals surface area contributed by atoms with Crippen LogP contribution in [-0.2, 0) is 6.54 Å². The molecule has 0 amide bonds. The van der Waals surface area contributed by atoms with Crippen molar-refractivity contribution >= 4 is 10.9 Å². The van der Waals surface area contributed by atoms with Crippen molar-refractivity contribution in [3.8, 4) is 11.5 Å². The topological polar surface area (TPSA) is 68.7 Å². The number of benzene rings is 3. The number of aromatic amines is 1. The van der Waals surface area contributed by atoms with Crippen molar-refractivity contribution in [2.75, 3.05) is 21.3 Å². The monoisotopic (exact) mass is 416 g/mol. The molecule has 0 aliphatic rings. The SMILES string of the molecule is COc1cc2nc(C[NH+](C)C(c3ccccc3)c3ccccc3)[nH]c(=O)c2cc1OC. The molecule has 1 atom stereocenters. The van der Waals surface area contributed by atoms with Gasteiger partial charge >= 0.3 is 0 Å². The lowest BCUT2D eigenvalue weighted by Crippen LogP contribution is -3.08. The molecule has 2 N–H and O–H groups in total. The number of ether oxygens (including phenoxy) is 2. The van der Waals surface area contributed by atoms with Gasteiger partial charge in [-0.25, -0.2) is 4.98 Å². The first kappa shape index (κ1) is 20.6. The zero-order valence-corrected chi connectivity index (χ0v) is 17.9. The number of nitrogens with zero attached hydrogens (tertiary/aromatic N) is 1. The zero-order chi connectivity index (χ0) is 21.8. The third-order valence-electron chi connectivity index (χ3n) is 5.46. The highest BCUT2D eigenvalue weighted by Crippen LogP contribution is 2.29. The minimum absolute atomic E-state index is 0.105. The number of rotatable bonds is 7. The molecule has 0 spiro atoms. The molecule has 1 heterocycles. The third kappa shape index (κ3) is 4.29. The van der Waals surface area contributed by atoms with E-state index in [1.807, 2.05) is 36.4 Å². The van der Waals surface area contributed by atoms with Crippen LogP contribution in [0, 0.1) is 0 Å². The van der Waals surface area contributed by atoms with Crippen molar-refractivity contribution in [3.05, 3.63) is 100 Å². The molecule has 158 valence electrons. The molecule has 1 unspecified atom stereocenters. The first-order valence-corrected chi connectivity index (χ1v) is 10.2. The predicted octanol–water partition coefficient (Wildman–Crippen LogP) is 2.74. The van der Waals surface area contributed by atoms with E-state index in [1.165, 1.54) is 16.0 Å². The number of nitrogens with one attached hydrogen (secondary N) is 2. The standard InChI is InChI=1S/C25H25N3O3/c1-28(24(17-10-6-4-7-11-17)18-12-8-5-9-13-18)16-23-26-20-15-22(31-3)21(30-2)14-19(20)25(29)27-23/h4-15,24H,16H2,1-3H3,(H,26,27,29)/p+1. The number of fused-ring (bicyclic) bond motifs is 1. The van der Waals surface area contributed by atoms with E-state index in [0.29, 0.717) is 34.8 Å². The second-order valence-corrected chi connectivity index (χ2v) is 7.51. The Kier molecular flexibility index (Phi) is 6.00. The van der Waals surface area contributed by atoms with Crippen molar-refractivity contribution in [1.29, 1.82) is 0 Å². The minimum Gasteiger partial charge on any atom is -0.493 e. The average molecular weight is 417 g/mol. The zero-order valence-electron chi connectivity index (χ0n) is 17.9. The van der Waals surface area contributed by atoms with Gasteiger partial charge in [0, 0.05) is 17.2 Å². The molecule has 6 nitrogen and oxygen atoms in total. The van der Waals surface area contributed by atoms with Crippen LogP contribution in [0.15, 0.2) is 77.6 Å². The van der Waals surface area contributed by atoms with Crippen LogP contribution in [-0.4, -0.2) is 31.2 Å². The van der Waals surface area contributed by atoms with Crippen LogP contribution in [0.3, 0.4) is 0 Å². The van der Waals surface area contributed by atoms with Crippen LogP contribution in [0.4, 0.5) is 0 Å². The molecule has 3 aromatic carbocycles. The van der Waals surface area contributed by atoms with Crippen LogP contribution in [0.2, 0.25) is 0 Å². The molecule has 0 saturated heterocycles. The smallest absolute Gasteiger partial charge is 0.259 e. The van der Waals surface area contributed by atoms with Gasteiger partial charge in [0.15, 0.2) is 17.3 Å². The molecule has 31 heavy (non-hydrogen) atoms. The first-order chi connectivity index (χ1) is 15.1. The molecule has 4 rings (SSSR count). The maximum Gasteiger partial charge on any atom is 0.259 e. The highest BCUT2D eigenvalue weighted by atomic mass is 16.5. The lowest BCUT2D eigenvalue weighted by atomic mass is 9.97. The highest BCUT2D eigenvalue weighted by molar-refractivity contribution is 5.81. The summed E-state index contributed by atoms with van der Waals surface area (Å²) in [6, 6.07) is 24.3. The van der Waals surface area contributed by atoms with Gasteiger partial charge in [-0.3, -0.25) is 4.79 Å². The number of hydrogen-bond donors (Lipinski definition) is 2. The lowest BCUT2D eigenvalue weighted by molar-refractivity contribution is -0.920. The van der Waals surface area contributed by atoms with Gasteiger partial charge < -0.3 is 19.4 Å². The van der Waals surface area contributed by atoms with E-state index in [1.54, 1.807) is 26.4 Å². The minimum atomic E-state index is -0.190. The van der Waals surface area contributed by atoms with E-state index >= 15 is 0 Å². The van der Waals surface area contributed by atoms with Crippen molar-refractivity contribution in [3.63, 3.8) is 0 Å². The number of hydrogen-bond acceptors (Lipinski definition) is 4. The lowest BCUT2D eigenvalue weighted by Gasteiger charge is -2.25. The Balaban J connectivity index is 1.72. The summed E-state index contributed by atoms with van der Waals surface area (Å²) in [4.78, 5) is 21.6. The maximum absolute atomic E-state index is 12.8. The average Bonchev–Trinajstić information content (AvgIpc) is 2.80. The van der Waals surface area contributed by atoms with E-state index in [0.717, 1.165) is 0 Å². The maximum atomic E-state index is 12.8. The summed E-state index contributed by atoms with van der Waals surface area (Å²) >= 11 is 0. The summed E-state index contributed by atoms with van der Waals surface area (Å²) < 4.78 is 10.7. The summed E-state index contributed by atoms with van der Waals surface area (Å²) in [5.41, 5.74) is 2.81. The van der Waals surface area contributed by atoms with Crippen molar-refractivity contribution in [1.82, 2.24) is 9.97 Å². The summed E-state index contributed by atoms with van der Waals surface area (Å²) in [6.45, 7) is 0.550. The van der Waals surface area contributed by atoms with Crippen molar-refractivity contribution < 1.29 is 14.4 Å². The van der Waals surface area contributed by atoms with Gasteiger partial charge in [-0.15, -0.1) is 0 Å². The Bertz CT molecular complexity index is 1180. The van der Waals surface area contributed by atoms with Crippen LogP contribution >= 0.6 is 0 Å². The quantitative estimate of drug-likeness (QED) is 0.486. The number of aromatic nitrogens is 2. The Morgan fingerprint density at radius 2 is 1.45 bits per heavy atom. The molecule has 0 bridgehead atoms. The van der Waals surface area contributed by atoms with Crippen molar-refractivity contribution in [2.45, 2.75) is 12.6 Å². The summed E-state index contributed by atoms with van der Waals surface area (Å²) in [5.74, 6) is 1.68. The second-order valence-electron chi connectivity index (χ2n) is 7.51. The van der Waals surface area contributed by atoms with Crippen LogP contribution < -0.4 is 19.9 Å². The molecule has 0 aliphatic carbocycles. The molecule has 0 aliphatic heterocycles. The van der Waals surface area contributed by atoms with Gasteiger partial charge in [-0.05, 0) is 6.07 Å². The molecular weight excluding hydrogens is 390 g/mol. The fourth-order valence-corrected chi connectivity index (χ4v) is 4.02.